The van der Waals surface area contributed by atoms with Crippen LogP contribution >= 0.6 is 27.5 Å². The maximum absolute atomic E-state index is 13.6. The molecule has 0 aliphatic heterocycles. The van der Waals surface area contributed by atoms with Crippen LogP contribution in [0, 0.1) is 11.6 Å². The molecule has 20 heavy (non-hydrogen) atoms. The lowest BCUT2D eigenvalue weighted by atomic mass is 10.3. The molecule has 1 N–H and O–H groups in total. The van der Waals surface area contributed by atoms with Crippen molar-refractivity contribution in [3.8, 4) is 0 Å². The minimum Gasteiger partial charge on any atom is -0.274 e. The van der Waals surface area contributed by atoms with Crippen molar-refractivity contribution in [1.82, 2.24) is 0 Å². The fraction of sp³-hybridized carbons (Fsp3) is 0. The second-order valence-electron chi connectivity index (χ2n) is 3.80. The molecule has 0 saturated heterocycles. The second-order valence-corrected chi connectivity index (χ2v) is 6.84. The molecule has 0 amide bonds. The van der Waals surface area contributed by atoms with Crippen LogP contribution in [-0.4, -0.2) is 8.42 Å². The first-order valence-electron chi connectivity index (χ1n) is 5.22. The highest BCUT2D eigenvalue weighted by atomic mass is 79.9. The molecule has 0 saturated carbocycles. The summed E-state index contributed by atoms with van der Waals surface area (Å²) in [4.78, 5) is -0.149. The largest absolute Gasteiger partial charge is 0.274 e. The number of hydrogen-bond donors (Lipinski definition) is 1. The van der Waals surface area contributed by atoms with Gasteiger partial charge in [-0.1, -0.05) is 27.5 Å². The van der Waals surface area contributed by atoms with Crippen LogP contribution in [0.2, 0.25) is 5.02 Å². The third-order valence-corrected chi connectivity index (χ3v) is 4.44. The molecule has 0 bridgehead atoms. The topological polar surface area (TPSA) is 46.2 Å². The molecule has 0 atom stereocenters. The van der Waals surface area contributed by atoms with Crippen LogP contribution in [0.3, 0.4) is 0 Å². The third kappa shape index (κ3) is 3.28. The van der Waals surface area contributed by atoms with Crippen LogP contribution in [0.5, 0.6) is 0 Å². The van der Waals surface area contributed by atoms with Gasteiger partial charge < -0.3 is 0 Å². The maximum atomic E-state index is 13.6. The van der Waals surface area contributed by atoms with Crippen molar-refractivity contribution in [2.45, 2.75) is 4.90 Å². The summed E-state index contributed by atoms with van der Waals surface area (Å²) in [5.74, 6) is -2.04. The van der Waals surface area contributed by atoms with E-state index in [0.717, 1.165) is 12.1 Å². The monoisotopic (exact) mass is 381 g/mol. The van der Waals surface area contributed by atoms with Gasteiger partial charge in [-0.2, -0.15) is 0 Å². The van der Waals surface area contributed by atoms with Gasteiger partial charge in [0.1, 0.15) is 5.69 Å². The van der Waals surface area contributed by atoms with Gasteiger partial charge in [0.2, 0.25) is 0 Å². The number of sulfonamides is 1. The smallest absolute Gasteiger partial charge is 0.262 e. The summed E-state index contributed by atoms with van der Waals surface area (Å²) in [5.41, 5.74) is -0.733. The number of rotatable bonds is 3. The molecular formula is C12H7BrClF2NO2S. The van der Waals surface area contributed by atoms with E-state index in [1.807, 2.05) is 4.72 Å². The quantitative estimate of drug-likeness (QED) is 0.865. The van der Waals surface area contributed by atoms with Gasteiger partial charge in [0.15, 0.2) is 11.6 Å². The van der Waals surface area contributed by atoms with Crippen molar-refractivity contribution in [3.05, 3.63) is 57.5 Å². The van der Waals surface area contributed by atoms with Crippen LogP contribution < -0.4 is 4.72 Å². The summed E-state index contributed by atoms with van der Waals surface area (Å²) in [5, 5.41) is 0.352. The van der Waals surface area contributed by atoms with Gasteiger partial charge in [-0.15, -0.1) is 0 Å². The molecular weight excluding hydrogens is 376 g/mol. The summed E-state index contributed by atoms with van der Waals surface area (Å²) >= 11 is 8.56. The number of anilines is 1. The molecule has 0 unspecified atom stereocenters. The van der Waals surface area contributed by atoms with E-state index >= 15 is 0 Å². The van der Waals surface area contributed by atoms with E-state index < -0.39 is 27.3 Å². The zero-order chi connectivity index (χ0) is 14.9. The number of nitrogens with one attached hydrogen (secondary N) is 1. The Morgan fingerprint density at radius 2 is 1.55 bits per heavy atom. The lowest BCUT2D eigenvalue weighted by molar-refractivity contribution is 0.582. The Morgan fingerprint density at radius 3 is 2.05 bits per heavy atom. The summed E-state index contributed by atoms with van der Waals surface area (Å²) in [6.45, 7) is 0. The van der Waals surface area contributed by atoms with Crippen molar-refractivity contribution in [2.24, 2.45) is 0 Å². The Hall–Kier alpha value is -1.18. The van der Waals surface area contributed by atoms with E-state index in [-0.39, 0.29) is 9.37 Å². The van der Waals surface area contributed by atoms with E-state index in [4.69, 9.17) is 11.6 Å². The molecule has 0 aliphatic rings. The normalized spacial score (nSPS) is 11.4. The number of benzene rings is 2. The molecule has 0 spiro atoms. The first kappa shape index (κ1) is 15.2. The number of halogens is 4. The van der Waals surface area contributed by atoms with Crippen LogP contribution in [0.4, 0.5) is 14.5 Å². The van der Waals surface area contributed by atoms with E-state index in [1.165, 1.54) is 24.3 Å². The van der Waals surface area contributed by atoms with Gasteiger partial charge >= 0.3 is 0 Å². The highest BCUT2D eigenvalue weighted by molar-refractivity contribution is 9.10. The predicted molar refractivity (Wildman–Crippen MR) is 76.3 cm³/mol. The summed E-state index contributed by atoms with van der Waals surface area (Å²) < 4.78 is 53.3. The van der Waals surface area contributed by atoms with Crippen molar-refractivity contribution < 1.29 is 17.2 Å². The average Bonchev–Trinajstić information content (AvgIpc) is 2.34. The minimum atomic E-state index is -4.09. The highest BCUT2D eigenvalue weighted by Crippen LogP contribution is 2.26. The van der Waals surface area contributed by atoms with Gasteiger partial charge in [-0.3, -0.25) is 4.72 Å². The zero-order valence-electron chi connectivity index (χ0n) is 9.70. The molecule has 8 heteroatoms. The zero-order valence-corrected chi connectivity index (χ0v) is 12.9. The molecule has 2 aromatic rings. The summed E-state index contributed by atoms with van der Waals surface area (Å²) in [7, 11) is -4.09. The number of hydrogen-bond acceptors (Lipinski definition) is 2. The van der Waals surface area contributed by atoms with Crippen LogP contribution in [-0.2, 0) is 10.0 Å². The molecule has 2 rings (SSSR count). The van der Waals surface area contributed by atoms with E-state index in [2.05, 4.69) is 15.9 Å². The molecule has 3 nitrogen and oxygen atoms in total. The highest BCUT2D eigenvalue weighted by Gasteiger charge is 2.19. The molecule has 0 heterocycles. The molecule has 2 aromatic carbocycles. The first-order valence-corrected chi connectivity index (χ1v) is 7.88. The van der Waals surface area contributed by atoms with Gasteiger partial charge in [0.05, 0.1) is 4.90 Å². The van der Waals surface area contributed by atoms with E-state index in [9.17, 15) is 17.2 Å². The Kier molecular flexibility index (Phi) is 4.31. The fourth-order valence-electron chi connectivity index (χ4n) is 1.45. The molecule has 0 radical (unpaired) electrons. The Labute approximate surface area is 127 Å². The summed E-state index contributed by atoms with van der Waals surface area (Å²) in [6, 6.07) is 7.12. The standard InChI is InChI=1S/C12H7BrClF2NO2S/c13-7-5-10(15)12(11(16)6-7)17-20(18,19)9-3-1-8(14)2-4-9/h1-6,17H. The Bertz CT molecular complexity index is 728. The third-order valence-electron chi connectivity index (χ3n) is 2.37. The second kappa shape index (κ2) is 5.67. The lowest BCUT2D eigenvalue weighted by Gasteiger charge is -2.10. The van der Waals surface area contributed by atoms with E-state index in [0.29, 0.717) is 5.02 Å². The SMILES string of the molecule is O=S(=O)(Nc1c(F)cc(Br)cc1F)c1ccc(Cl)cc1. The van der Waals surface area contributed by atoms with Gasteiger partial charge in [0, 0.05) is 9.50 Å². The Morgan fingerprint density at radius 1 is 1.05 bits per heavy atom. The van der Waals surface area contributed by atoms with Gasteiger partial charge in [-0.25, -0.2) is 17.2 Å². The Balaban J connectivity index is 2.41. The van der Waals surface area contributed by atoms with Crippen molar-refractivity contribution in [2.75, 3.05) is 4.72 Å². The summed E-state index contributed by atoms with van der Waals surface area (Å²) in [6.07, 6.45) is 0. The fourth-order valence-corrected chi connectivity index (χ4v) is 3.05. The molecule has 106 valence electrons. The minimum absolute atomic E-state index is 0.149. The van der Waals surface area contributed by atoms with Gasteiger partial charge in [-0.05, 0) is 36.4 Å². The maximum Gasteiger partial charge on any atom is 0.262 e. The molecule has 0 aromatic heterocycles. The van der Waals surface area contributed by atoms with Gasteiger partial charge in [0.25, 0.3) is 10.0 Å². The van der Waals surface area contributed by atoms with Crippen molar-refractivity contribution in [3.63, 3.8) is 0 Å². The predicted octanol–water partition coefficient (Wildman–Crippen LogP) is 4.18. The molecule has 0 aliphatic carbocycles. The lowest BCUT2D eigenvalue weighted by Crippen LogP contribution is -2.15. The first-order chi connectivity index (χ1) is 9.29. The van der Waals surface area contributed by atoms with Crippen LogP contribution in [0.15, 0.2) is 45.8 Å². The van der Waals surface area contributed by atoms with Crippen LogP contribution in [0.25, 0.3) is 0 Å². The van der Waals surface area contributed by atoms with E-state index in [1.54, 1.807) is 0 Å². The molecule has 0 fully saturated rings. The van der Waals surface area contributed by atoms with Crippen molar-refractivity contribution >= 4 is 43.2 Å². The average molecular weight is 383 g/mol. The van der Waals surface area contributed by atoms with Crippen molar-refractivity contribution in [1.29, 1.82) is 0 Å². The van der Waals surface area contributed by atoms with Crippen LogP contribution in [0.1, 0.15) is 0 Å².